The maximum atomic E-state index is 11.6. The van der Waals surface area contributed by atoms with E-state index in [4.69, 9.17) is 37.9 Å². The van der Waals surface area contributed by atoms with E-state index >= 15 is 0 Å². The molecule has 2 aliphatic heterocycles. The summed E-state index contributed by atoms with van der Waals surface area (Å²) < 4.78 is 47.8. The van der Waals surface area contributed by atoms with Gasteiger partial charge in [-0.15, -0.1) is 10.2 Å². The van der Waals surface area contributed by atoms with E-state index < -0.39 is 80.8 Å². The van der Waals surface area contributed by atoms with Crippen molar-refractivity contribution in [2.75, 3.05) is 19.8 Å². The molecular weight excluding hydrogens is 901 g/mol. The van der Waals surface area contributed by atoms with Crippen LogP contribution in [0.15, 0.2) is 48.5 Å². The molecule has 0 spiro atoms. The number of aliphatic hydroxyl groups is 7. The van der Waals surface area contributed by atoms with Gasteiger partial charge in [-0.2, -0.15) is 0 Å². The molecule has 7 N–H and O–H groups in total. The Morgan fingerprint density at radius 1 is 0.594 bits per heavy atom. The first-order valence-corrected chi connectivity index (χ1v) is 23.4. The normalized spacial score (nSPS) is 24.8. The van der Waals surface area contributed by atoms with Crippen molar-refractivity contribution >= 4 is 6.16 Å². The largest absolute Gasteiger partial charge is 0.508 e. The third-order valence-corrected chi connectivity index (χ3v) is 11.4. The summed E-state index contributed by atoms with van der Waals surface area (Å²) in [6.07, 6.45) is -13.8. The highest BCUT2D eigenvalue weighted by molar-refractivity contribution is 5.59. The van der Waals surface area contributed by atoms with Gasteiger partial charge in [0.05, 0.1) is 25.4 Å². The van der Waals surface area contributed by atoms with Crippen LogP contribution in [0, 0.1) is 13.8 Å². The van der Waals surface area contributed by atoms with Gasteiger partial charge in [-0.3, -0.25) is 9.36 Å². The molecule has 0 unspecified atom stereocenters. The zero-order valence-corrected chi connectivity index (χ0v) is 41.3. The number of aliphatic hydroxyl groups excluding tert-OH is 7. The second-order valence-corrected chi connectivity index (χ2v) is 18.2. The fraction of sp³-hybridized carbons (Fsp3) is 0.612. The molecule has 2 saturated heterocycles. The van der Waals surface area contributed by atoms with Gasteiger partial charge in [0.1, 0.15) is 66.9 Å². The van der Waals surface area contributed by atoms with Crippen molar-refractivity contribution in [3.63, 3.8) is 0 Å². The third-order valence-electron chi connectivity index (χ3n) is 11.4. The molecule has 2 aromatic carbocycles. The summed E-state index contributed by atoms with van der Waals surface area (Å²) in [6, 6.07) is 15.6. The molecule has 0 amide bonds. The van der Waals surface area contributed by atoms with Crippen LogP contribution in [0.25, 0.3) is 0 Å². The van der Waals surface area contributed by atoms with Gasteiger partial charge in [0.15, 0.2) is 0 Å². The van der Waals surface area contributed by atoms with Crippen LogP contribution < -0.4 is 18.9 Å². The Morgan fingerprint density at radius 2 is 0.986 bits per heavy atom. The number of benzene rings is 2. The number of hydrogen-bond donors (Lipinski definition) is 7. The summed E-state index contributed by atoms with van der Waals surface area (Å²) in [4.78, 5) is 11.6. The molecule has 4 aromatic rings. The van der Waals surface area contributed by atoms with Crippen molar-refractivity contribution in [1.82, 2.24) is 19.6 Å². The average Bonchev–Trinajstić information content (AvgIpc) is 3.78. The van der Waals surface area contributed by atoms with Crippen molar-refractivity contribution < 1.29 is 78.4 Å². The van der Waals surface area contributed by atoms with Gasteiger partial charge in [-0.05, 0) is 112 Å². The van der Waals surface area contributed by atoms with Crippen molar-refractivity contribution in [2.24, 2.45) is 0 Å². The van der Waals surface area contributed by atoms with Gasteiger partial charge >= 0.3 is 6.16 Å². The summed E-state index contributed by atoms with van der Waals surface area (Å²) in [7, 11) is 0. The molecule has 0 radical (unpaired) electrons. The van der Waals surface area contributed by atoms with Gasteiger partial charge < -0.3 is 73.6 Å². The molecule has 6 rings (SSSR count). The van der Waals surface area contributed by atoms with Gasteiger partial charge in [-0.1, -0.05) is 24.3 Å². The zero-order chi connectivity index (χ0) is 50.9. The van der Waals surface area contributed by atoms with E-state index in [1.165, 1.54) is 0 Å². The lowest BCUT2D eigenvalue weighted by molar-refractivity contribution is -0.278. The van der Waals surface area contributed by atoms with Crippen LogP contribution in [0.1, 0.15) is 108 Å². The van der Waals surface area contributed by atoms with Crippen molar-refractivity contribution in [2.45, 2.75) is 175 Å². The monoisotopic (exact) mass is 972 g/mol. The van der Waals surface area contributed by atoms with E-state index in [0.717, 1.165) is 45.1 Å². The van der Waals surface area contributed by atoms with Gasteiger partial charge in [0.2, 0.25) is 24.3 Å². The minimum absolute atomic E-state index is 0.0354. The second kappa shape index (κ2) is 24.7. The number of aromatic nitrogens is 4. The van der Waals surface area contributed by atoms with E-state index in [1.54, 1.807) is 6.92 Å². The Kier molecular flexibility index (Phi) is 19.6. The predicted octanol–water partition coefficient (Wildman–Crippen LogP) is 3.84. The molecule has 0 aliphatic carbocycles. The Morgan fingerprint density at radius 3 is 1.35 bits per heavy atom. The number of carbonyl (C=O) groups excluding carboxylic acids is 1. The van der Waals surface area contributed by atoms with Gasteiger partial charge in [-0.25, -0.2) is 4.79 Å². The summed E-state index contributed by atoms with van der Waals surface area (Å²) in [6.45, 7) is 20.5. The fourth-order valence-corrected chi connectivity index (χ4v) is 7.82. The Labute approximate surface area is 403 Å². The smallest absolute Gasteiger partial charge is 0.491 e. The van der Waals surface area contributed by atoms with E-state index in [0.29, 0.717) is 12.8 Å². The SMILES string of the molecule is CCOC(=O)OC[C@H]1O[C@@H](Oc2nn(C(C)C)c(C)c2Cc2ccc(OC(C)C)cc2)[C@H](O)[C@@H](O)[C@@H]1O.Cc1c(Cc2ccc(OC(C)C)cc2)c(O[C@@H]2O[C@H](CO)[C@@H](O)[C@H](O)[C@H]2O)nn1C(C)C. The van der Waals surface area contributed by atoms with Crippen LogP contribution in [-0.4, -0.2) is 155 Å². The number of nitrogens with zero attached hydrogens (tertiary/aromatic N) is 4. The Hall–Kier alpha value is -5.03. The fourth-order valence-electron chi connectivity index (χ4n) is 7.82. The number of hydrogen-bond acceptors (Lipinski definition) is 18. The highest BCUT2D eigenvalue weighted by atomic mass is 16.7. The van der Waals surface area contributed by atoms with Crippen molar-refractivity contribution in [3.8, 4) is 23.3 Å². The molecule has 20 heteroatoms. The Balaban J connectivity index is 0.000000260. The molecule has 2 aromatic heterocycles. The molecule has 2 aliphatic rings. The van der Waals surface area contributed by atoms with Crippen molar-refractivity contribution in [3.05, 3.63) is 82.2 Å². The molecule has 384 valence electrons. The van der Waals surface area contributed by atoms with Crippen LogP contribution in [0.2, 0.25) is 0 Å². The molecule has 10 atom stereocenters. The quantitative estimate of drug-likeness (QED) is 0.0698. The van der Waals surface area contributed by atoms with E-state index in [9.17, 15) is 40.5 Å². The molecular formula is C49H72N4O16. The number of carbonyl (C=O) groups is 1. The standard InChI is InChI=1S/C26H38N2O9.C23H34N2O7/c1-7-33-26(32)34-13-20-21(29)22(30)23(31)25(36-20)37-24-19(16(6)28(27-24)14(2)3)12-17-8-10-18(11-9-17)35-15(4)5;1-12(2)25-14(5)17(10-15-6-8-16(9-7-15)30-13(3)4)22(24-25)32-23-21(29)20(28)19(27)18(11-26)31-23/h8-11,14-15,20-23,25,29-31H,7,12-13H2,1-6H3;6-9,12-13,18-21,23,26-29H,10-11H2,1-5H3/t20-,21-,22+,23-,25+;18-,19-,20+,21-,23+/m11/s1. The summed E-state index contributed by atoms with van der Waals surface area (Å²) in [5, 5.41) is 80.3. The van der Waals surface area contributed by atoms with Crippen LogP contribution >= 0.6 is 0 Å². The van der Waals surface area contributed by atoms with E-state index in [-0.39, 0.29) is 42.7 Å². The second-order valence-electron chi connectivity index (χ2n) is 18.2. The third kappa shape index (κ3) is 14.1. The lowest BCUT2D eigenvalue weighted by Gasteiger charge is -2.39. The predicted molar refractivity (Wildman–Crippen MR) is 249 cm³/mol. The van der Waals surface area contributed by atoms with Gasteiger partial charge in [0, 0.05) is 47.4 Å². The number of ether oxygens (including phenoxy) is 8. The van der Waals surface area contributed by atoms with E-state index in [2.05, 4.69) is 10.2 Å². The van der Waals surface area contributed by atoms with Crippen molar-refractivity contribution in [1.29, 1.82) is 0 Å². The van der Waals surface area contributed by atoms with E-state index in [1.807, 2.05) is 127 Å². The van der Waals surface area contributed by atoms with Crippen LogP contribution in [0.5, 0.6) is 23.3 Å². The highest BCUT2D eigenvalue weighted by Crippen LogP contribution is 2.33. The van der Waals surface area contributed by atoms with Gasteiger partial charge in [0.25, 0.3) is 0 Å². The lowest BCUT2D eigenvalue weighted by Crippen LogP contribution is -2.60. The Bertz CT molecular complexity index is 2210. The molecule has 2 fully saturated rings. The topological polar surface area (TPSA) is 268 Å². The van der Waals surface area contributed by atoms with Crippen LogP contribution in [-0.2, 0) is 31.8 Å². The maximum Gasteiger partial charge on any atom is 0.508 e. The minimum atomic E-state index is -1.60. The van der Waals surface area contributed by atoms with Crippen LogP contribution in [0.3, 0.4) is 0 Å². The average molecular weight is 973 g/mol. The summed E-state index contributed by atoms with van der Waals surface area (Å²) >= 11 is 0. The highest BCUT2D eigenvalue weighted by Gasteiger charge is 2.47. The molecule has 20 nitrogen and oxygen atoms in total. The summed E-state index contributed by atoms with van der Waals surface area (Å²) in [5.74, 6) is 2.05. The first-order valence-electron chi connectivity index (χ1n) is 23.4. The lowest BCUT2D eigenvalue weighted by atomic mass is 9.99. The molecule has 4 heterocycles. The molecule has 0 saturated carbocycles. The summed E-state index contributed by atoms with van der Waals surface area (Å²) in [5.41, 5.74) is 5.39. The number of rotatable bonds is 18. The molecule has 0 bridgehead atoms. The van der Waals surface area contributed by atoms with Crippen LogP contribution in [0.4, 0.5) is 4.79 Å². The maximum absolute atomic E-state index is 11.6. The molecule has 69 heavy (non-hydrogen) atoms. The zero-order valence-electron chi connectivity index (χ0n) is 41.3. The first kappa shape index (κ1) is 54.9. The first-order chi connectivity index (χ1) is 32.6. The minimum Gasteiger partial charge on any atom is -0.491 e.